The first-order valence-corrected chi connectivity index (χ1v) is 11.4. The molecular formula is C23H27FN4OS. The summed E-state index contributed by atoms with van der Waals surface area (Å²) in [5.41, 5.74) is 1.98. The monoisotopic (exact) mass is 426 g/mol. The lowest BCUT2D eigenvalue weighted by Gasteiger charge is -2.31. The van der Waals surface area contributed by atoms with Crippen molar-refractivity contribution < 1.29 is 9.13 Å². The molecule has 0 saturated carbocycles. The van der Waals surface area contributed by atoms with E-state index >= 15 is 0 Å². The first-order valence-electron chi connectivity index (χ1n) is 10.4. The second-order valence-corrected chi connectivity index (χ2v) is 8.47. The number of hydrogen-bond acceptors (Lipinski definition) is 5. The van der Waals surface area contributed by atoms with Crippen LogP contribution in [0.25, 0.3) is 5.69 Å². The number of methoxy groups -OCH3 is 1. The molecule has 2 heterocycles. The number of hydrogen-bond donors (Lipinski definition) is 0. The average Bonchev–Trinajstić information content (AvgIpc) is 3.22. The minimum atomic E-state index is -0.249. The molecular weight excluding hydrogens is 399 g/mol. The maximum absolute atomic E-state index is 13.6. The van der Waals surface area contributed by atoms with E-state index in [0.29, 0.717) is 5.75 Å². The molecule has 5 nitrogen and oxygen atoms in total. The molecule has 0 radical (unpaired) electrons. The normalized spacial score (nSPS) is 15.8. The Morgan fingerprint density at radius 2 is 1.77 bits per heavy atom. The lowest BCUT2D eigenvalue weighted by atomic mass is 10.1. The largest absolute Gasteiger partial charge is 0.496 e. The Labute approximate surface area is 181 Å². The standard InChI is InChI=1S/C23H27FN4OS/c1-17(27-14-6-3-7-15-27)22-25-26-23(28(22)20-12-10-19(24)11-13-20)30-16-18-8-4-5-9-21(18)29-2/h4-5,8-13,17H,3,6-7,14-16H2,1-2H3/t17-/m1/s1. The summed E-state index contributed by atoms with van der Waals surface area (Å²) in [5, 5.41) is 9.88. The molecule has 4 rings (SSSR count). The fraction of sp³-hybridized carbons (Fsp3) is 0.391. The van der Waals surface area contributed by atoms with Gasteiger partial charge < -0.3 is 4.74 Å². The molecule has 0 bridgehead atoms. The van der Waals surface area contributed by atoms with E-state index in [-0.39, 0.29) is 11.9 Å². The molecule has 1 aromatic heterocycles. The number of rotatable bonds is 7. The third kappa shape index (κ3) is 4.52. The van der Waals surface area contributed by atoms with Crippen LogP contribution in [-0.2, 0) is 5.75 Å². The van der Waals surface area contributed by atoms with E-state index in [1.807, 2.05) is 18.2 Å². The summed E-state index contributed by atoms with van der Waals surface area (Å²) in [6, 6.07) is 14.7. The van der Waals surface area contributed by atoms with Gasteiger partial charge in [0.25, 0.3) is 0 Å². The Kier molecular flexibility index (Phi) is 6.69. The van der Waals surface area contributed by atoms with Crippen LogP contribution in [0.4, 0.5) is 4.39 Å². The van der Waals surface area contributed by atoms with E-state index in [9.17, 15) is 4.39 Å². The van der Waals surface area contributed by atoms with Crippen molar-refractivity contribution >= 4 is 11.8 Å². The molecule has 1 aliphatic heterocycles. The smallest absolute Gasteiger partial charge is 0.196 e. The summed E-state index contributed by atoms with van der Waals surface area (Å²) in [5.74, 6) is 2.22. The van der Waals surface area contributed by atoms with Gasteiger partial charge in [-0.2, -0.15) is 0 Å². The van der Waals surface area contributed by atoms with Crippen molar-refractivity contribution in [3.63, 3.8) is 0 Å². The van der Waals surface area contributed by atoms with Gasteiger partial charge in [-0.05, 0) is 63.2 Å². The number of para-hydroxylation sites is 1. The molecule has 30 heavy (non-hydrogen) atoms. The van der Waals surface area contributed by atoms with Crippen molar-refractivity contribution in [3.8, 4) is 11.4 Å². The zero-order chi connectivity index (χ0) is 20.9. The number of nitrogens with zero attached hydrogens (tertiary/aromatic N) is 4. The lowest BCUT2D eigenvalue weighted by molar-refractivity contribution is 0.167. The molecule has 0 spiro atoms. The second-order valence-electron chi connectivity index (χ2n) is 7.53. The number of halogens is 1. The van der Waals surface area contributed by atoms with Crippen LogP contribution in [0.3, 0.4) is 0 Å². The summed E-state index contributed by atoms with van der Waals surface area (Å²) >= 11 is 1.61. The number of likely N-dealkylation sites (tertiary alicyclic amines) is 1. The van der Waals surface area contributed by atoms with Gasteiger partial charge in [-0.3, -0.25) is 9.47 Å². The summed E-state index contributed by atoms with van der Waals surface area (Å²) < 4.78 is 21.1. The molecule has 2 aromatic carbocycles. The second kappa shape index (κ2) is 9.62. The van der Waals surface area contributed by atoms with Crippen LogP contribution in [0.2, 0.25) is 0 Å². The lowest BCUT2D eigenvalue weighted by Crippen LogP contribution is -2.33. The fourth-order valence-electron chi connectivity index (χ4n) is 3.91. The number of ether oxygens (including phenoxy) is 1. The van der Waals surface area contributed by atoms with Gasteiger partial charge in [0.1, 0.15) is 11.6 Å². The van der Waals surface area contributed by atoms with Crippen LogP contribution < -0.4 is 4.74 Å². The minimum Gasteiger partial charge on any atom is -0.496 e. The van der Waals surface area contributed by atoms with Crippen molar-refractivity contribution in [3.05, 3.63) is 65.7 Å². The zero-order valence-electron chi connectivity index (χ0n) is 17.4. The summed E-state index contributed by atoms with van der Waals surface area (Å²) in [7, 11) is 1.68. The quantitative estimate of drug-likeness (QED) is 0.483. The molecule has 158 valence electrons. The number of benzene rings is 2. The number of thioether (sulfide) groups is 1. The molecule has 1 aliphatic rings. The Hall–Kier alpha value is -2.38. The maximum atomic E-state index is 13.6. The van der Waals surface area contributed by atoms with E-state index in [1.54, 1.807) is 31.0 Å². The first kappa shape index (κ1) is 20.9. The third-order valence-corrected chi connectivity index (χ3v) is 6.58. The molecule has 1 atom stereocenters. The Balaban J connectivity index is 1.66. The van der Waals surface area contributed by atoms with Crippen LogP contribution >= 0.6 is 11.8 Å². The van der Waals surface area contributed by atoms with Gasteiger partial charge in [0.05, 0.1) is 13.2 Å². The highest BCUT2D eigenvalue weighted by molar-refractivity contribution is 7.98. The van der Waals surface area contributed by atoms with Gasteiger partial charge in [-0.25, -0.2) is 4.39 Å². The molecule has 1 fully saturated rings. The van der Waals surface area contributed by atoms with Gasteiger partial charge >= 0.3 is 0 Å². The van der Waals surface area contributed by atoms with Gasteiger partial charge in [0, 0.05) is 17.0 Å². The molecule has 1 saturated heterocycles. The number of piperidine rings is 1. The van der Waals surface area contributed by atoms with Crippen LogP contribution in [0.5, 0.6) is 5.75 Å². The highest BCUT2D eigenvalue weighted by atomic mass is 32.2. The number of aromatic nitrogens is 3. The topological polar surface area (TPSA) is 43.2 Å². The van der Waals surface area contributed by atoms with Crippen molar-refractivity contribution in [1.82, 2.24) is 19.7 Å². The summed E-state index contributed by atoms with van der Waals surface area (Å²) in [4.78, 5) is 2.46. The highest BCUT2D eigenvalue weighted by Crippen LogP contribution is 2.32. The van der Waals surface area contributed by atoms with Crippen molar-refractivity contribution in [2.24, 2.45) is 0 Å². The van der Waals surface area contributed by atoms with Crippen molar-refractivity contribution in [2.45, 2.75) is 43.1 Å². The predicted molar refractivity (Wildman–Crippen MR) is 118 cm³/mol. The maximum Gasteiger partial charge on any atom is 0.196 e. The van der Waals surface area contributed by atoms with Crippen molar-refractivity contribution in [2.75, 3.05) is 20.2 Å². The van der Waals surface area contributed by atoms with E-state index in [2.05, 4.69) is 32.7 Å². The first-order chi connectivity index (χ1) is 14.7. The van der Waals surface area contributed by atoms with E-state index < -0.39 is 0 Å². The van der Waals surface area contributed by atoms with Crippen LogP contribution in [0.1, 0.15) is 43.6 Å². The van der Waals surface area contributed by atoms with Gasteiger partial charge in [-0.15, -0.1) is 10.2 Å². The van der Waals surface area contributed by atoms with E-state index in [0.717, 1.165) is 41.1 Å². The van der Waals surface area contributed by atoms with Gasteiger partial charge in [0.2, 0.25) is 0 Å². The minimum absolute atomic E-state index is 0.142. The summed E-state index contributed by atoms with van der Waals surface area (Å²) in [6.45, 7) is 4.33. The molecule has 0 unspecified atom stereocenters. The molecule has 0 amide bonds. The summed E-state index contributed by atoms with van der Waals surface area (Å²) in [6.07, 6.45) is 3.71. The average molecular weight is 427 g/mol. The zero-order valence-corrected chi connectivity index (χ0v) is 18.2. The molecule has 7 heteroatoms. The Bertz CT molecular complexity index is 970. The molecule has 0 aliphatic carbocycles. The Morgan fingerprint density at radius 1 is 1.03 bits per heavy atom. The van der Waals surface area contributed by atoms with Gasteiger partial charge in [-0.1, -0.05) is 36.4 Å². The predicted octanol–water partition coefficient (Wildman–Crippen LogP) is 5.25. The van der Waals surface area contributed by atoms with E-state index in [4.69, 9.17) is 4.74 Å². The van der Waals surface area contributed by atoms with Crippen molar-refractivity contribution in [1.29, 1.82) is 0 Å². The third-order valence-electron chi connectivity index (χ3n) is 5.60. The van der Waals surface area contributed by atoms with Gasteiger partial charge in [0.15, 0.2) is 11.0 Å². The molecule has 0 N–H and O–H groups in total. The van der Waals surface area contributed by atoms with Crippen LogP contribution in [0.15, 0.2) is 53.7 Å². The fourth-order valence-corrected chi connectivity index (χ4v) is 4.86. The Morgan fingerprint density at radius 3 is 2.50 bits per heavy atom. The van der Waals surface area contributed by atoms with Crippen LogP contribution in [0, 0.1) is 5.82 Å². The molecule has 3 aromatic rings. The van der Waals surface area contributed by atoms with E-state index in [1.165, 1.54) is 31.4 Å². The highest BCUT2D eigenvalue weighted by Gasteiger charge is 2.25. The SMILES string of the molecule is COc1ccccc1CSc1nnc([C@@H](C)N2CCCCC2)n1-c1ccc(F)cc1. The van der Waals surface area contributed by atoms with Crippen LogP contribution in [-0.4, -0.2) is 39.9 Å².